The lowest BCUT2D eigenvalue weighted by Gasteiger charge is -2.16. The molecule has 0 aliphatic rings. The Labute approximate surface area is 109 Å². The Balaban J connectivity index is 2.71. The predicted octanol–water partition coefficient (Wildman–Crippen LogP) is 1.71. The number of hydrogen-bond acceptors (Lipinski definition) is 5. The van der Waals surface area contributed by atoms with E-state index in [4.69, 9.17) is 16.3 Å². The van der Waals surface area contributed by atoms with Crippen LogP contribution in [0.15, 0.2) is 18.5 Å². The van der Waals surface area contributed by atoms with Crippen LogP contribution in [0.4, 0.5) is 0 Å². The average molecular weight is 269 g/mol. The maximum Gasteiger partial charge on any atom is 0.222 e. The Morgan fingerprint density at radius 2 is 1.94 bits per heavy atom. The molecule has 0 fully saturated rings. The number of aromatic nitrogens is 2. The highest BCUT2D eigenvalue weighted by Crippen LogP contribution is 2.31. The number of aliphatic hydroxyl groups excluding tert-OH is 2. The lowest BCUT2D eigenvalue weighted by Crippen LogP contribution is -2.14. The van der Waals surface area contributed by atoms with Gasteiger partial charge in [0.15, 0.2) is 0 Å². The van der Waals surface area contributed by atoms with E-state index in [0.717, 1.165) is 0 Å². The molecule has 2 unspecified atom stereocenters. The minimum absolute atomic E-state index is 0.301. The van der Waals surface area contributed by atoms with Crippen LogP contribution in [0.1, 0.15) is 18.6 Å². The van der Waals surface area contributed by atoms with E-state index in [-0.39, 0.29) is 0 Å². The molecule has 2 rings (SSSR count). The molecular formula is C12H13ClN2O3. The Hall–Kier alpha value is -1.43. The molecular weight excluding hydrogens is 256 g/mol. The van der Waals surface area contributed by atoms with E-state index in [1.165, 1.54) is 26.4 Å². The average Bonchev–Trinajstić information content (AvgIpc) is 2.36. The number of fused-ring (bicyclic) bond motifs is 1. The van der Waals surface area contributed by atoms with Crippen molar-refractivity contribution in [2.24, 2.45) is 0 Å². The van der Waals surface area contributed by atoms with Crippen LogP contribution >= 0.6 is 11.6 Å². The zero-order valence-corrected chi connectivity index (χ0v) is 10.7. The topological polar surface area (TPSA) is 75.5 Å². The van der Waals surface area contributed by atoms with Crippen LogP contribution in [-0.2, 0) is 0 Å². The van der Waals surface area contributed by atoms with Crippen molar-refractivity contribution < 1.29 is 14.9 Å². The molecule has 0 spiro atoms. The molecule has 0 aromatic carbocycles. The molecule has 2 aromatic rings. The molecule has 2 atom stereocenters. The van der Waals surface area contributed by atoms with Crippen molar-refractivity contribution in [2.45, 2.75) is 19.1 Å². The highest BCUT2D eigenvalue weighted by atomic mass is 35.5. The summed E-state index contributed by atoms with van der Waals surface area (Å²) in [5.41, 5.74) is 0.491. The summed E-state index contributed by atoms with van der Waals surface area (Å²) in [7, 11) is 1.50. The number of ether oxygens (including phenoxy) is 1. The lowest BCUT2D eigenvalue weighted by molar-refractivity contribution is 0.0312. The summed E-state index contributed by atoms with van der Waals surface area (Å²) in [6, 6.07) is 1.61. The first-order chi connectivity index (χ1) is 8.54. The van der Waals surface area contributed by atoms with E-state index < -0.39 is 12.2 Å². The van der Waals surface area contributed by atoms with Gasteiger partial charge in [0, 0.05) is 18.0 Å². The number of aliphatic hydroxyl groups is 2. The maximum atomic E-state index is 9.96. The van der Waals surface area contributed by atoms with Crippen molar-refractivity contribution in [3.63, 3.8) is 0 Å². The van der Waals surface area contributed by atoms with E-state index >= 15 is 0 Å². The van der Waals surface area contributed by atoms with Gasteiger partial charge in [-0.25, -0.2) is 9.97 Å². The monoisotopic (exact) mass is 268 g/mol. The fourth-order valence-electron chi connectivity index (χ4n) is 1.76. The van der Waals surface area contributed by atoms with Crippen LogP contribution in [0.5, 0.6) is 5.88 Å². The number of methoxy groups -OCH3 is 1. The number of rotatable bonds is 3. The standard InChI is InChI=1S/C12H13ClN2O3/c1-6(16)11(17)8-4-15-12(18-2)9-5-14-10(13)3-7(8)9/h3-6,11,16-17H,1-2H3. The molecule has 18 heavy (non-hydrogen) atoms. The van der Waals surface area contributed by atoms with Gasteiger partial charge in [-0.3, -0.25) is 0 Å². The maximum absolute atomic E-state index is 9.96. The first kappa shape index (κ1) is 13.0. The van der Waals surface area contributed by atoms with Crippen LogP contribution in [0.2, 0.25) is 5.15 Å². The number of hydrogen-bond donors (Lipinski definition) is 2. The second kappa shape index (κ2) is 5.06. The van der Waals surface area contributed by atoms with Gasteiger partial charge in [-0.05, 0) is 18.4 Å². The van der Waals surface area contributed by atoms with Crippen molar-refractivity contribution in [3.05, 3.63) is 29.2 Å². The first-order valence-electron chi connectivity index (χ1n) is 5.39. The molecule has 0 bridgehead atoms. The highest BCUT2D eigenvalue weighted by molar-refractivity contribution is 6.30. The Kier molecular flexibility index (Phi) is 3.65. The number of pyridine rings is 2. The summed E-state index contributed by atoms with van der Waals surface area (Å²) in [6.07, 6.45) is 1.05. The SMILES string of the molecule is COc1ncc(C(O)C(C)O)c2cc(Cl)ncc12. The normalized spacial score (nSPS) is 14.5. The Morgan fingerprint density at radius 1 is 1.22 bits per heavy atom. The quantitative estimate of drug-likeness (QED) is 0.829. The van der Waals surface area contributed by atoms with Crippen LogP contribution in [-0.4, -0.2) is 33.4 Å². The Morgan fingerprint density at radius 3 is 2.56 bits per heavy atom. The van der Waals surface area contributed by atoms with Gasteiger partial charge in [-0.1, -0.05) is 11.6 Å². The summed E-state index contributed by atoms with van der Waals surface area (Å²) in [5, 5.41) is 21.0. The van der Waals surface area contributed by atoms with Crippen LogP contribution in [0, 0.1) is 0 Å². The molecule has 0 saturated carbocycles. The third-order valence-corrected chi connectivity index (χ3v) is 2.91. The van der Waals surface area contributed by atoms with Gasteiger partial charge in [-0.15, -0.1) is 0 Å². The smallest absolute Gasteiger partial charge is 0.222 e. The molecule has 2 heterocycles. The van der Waals surface area contributed by atoms with E-state index in [2.05, 4.69) is 9.97 Å². The lowest BCUT2D eigenvalue weighted by atomic mass is 10.0. The summed E-state index contributed by atoms with van der Waals surface area (Å²) in [4.78, 5) is 8.04. The van der Waals surface area contributed by atoms with Crippen molar-refractivity contribution in [1.29, 1.82) is 0 Å². The third-order valence-electron chi connectivity index (χ3n) is 2.70. The predicted molar refractivity (Wildman–Crippen MR) is 67.7 cm³/mol. The van der Waals surface area contributed by atoms with Crippen LogP contribution in [0.25, 0.3) is 10.8 Å². The van der Waals surface area contributed by atoms with Crippen molar-refractivity contribution in [1.82, 2.24) is 9.97 Å². The van der Waals surface area contributed by atoms with Crippen LogP contribution in [0.3, 0.4) is 0 Å². The minimum atomic E-state index is -1.04. The fraction of sp³-hybridized carbons (Fsp3) is 0.333. The van der Waals surface area contributed by atoms with E-state index in [0.29, 0.717) is 27.4 Å². The van der Waals surface area contributed by atoms with Gasteiger partial charge in [0.2, 0.25) is 5.88 Å². The number of halogens is 1. The summed E-state index contributed by atoms with van der Waals surface area (Å²) in [6.45, 7) is 1.50. The summed E-state index contributed by atoms with van der Waals surface area (Å²) < 4.78 is 5.12. The van der Waals surface area contributed by atoms with E-state index in [1.807, 2.05) is 0 Å². The molecule has 2 aromatic heterocycles. The molecule has 6 heteroatoms. The van der Waals surface area contributed by atoms with Crippen molar-refractivity contribution in [3.8, 4) is 5.88 Å². The second-order valence-corrected chi connectivity index (χ2v) is 4.35. The highest BCUT2D eigenvalue weighted by Gasteiger charge is 2.19. The minimum Gasteiger partial charge on any atom is -0.481 e. The van der Waals surface area contributed by atoms with Gasteiger partial charge in [-0.2, -0.15) is 0 Å². The third kappa shape index (κ3) is 2.25. The molecule has 5 nitrogen and oxygen atoms in total. The first-order valence-corrected chi connectivity index (χ1v) is 5.76. The van der Waals surface area contributed by atoms with E-state index in [9.17, 15) is 10.2 Å². The fourth-order valence-corrected chi connectivity index (χ4v) is 1.92. The molecule has 96 valence electrons. The van der Waals surface area contributed by atoms with Gasteiger partial charge >= 0.3 is 0 Å². The van der Waals surface area contributed by atoms with Gasteiger partial charge in [0.05, 0.1) is 18.6 Å². The largest absolute Gasteiger partial charge is 0.481 e. The second-order valence-electron chi connectivity index (χ2n) is 3.96. The van der Waals surface area contributed by atoms with Gasteiger partial charge < -0.3 is 14.9 Å². The van der Waals surface area contributed by atoms with E-state index in [1.54, 1.807) is 6.07 Å². The summed E-state index contributed by atoms with van der Waals surface area (Å²) in [5.74, 6) is 0.399. The molecule has 0 aliphatic heterocycles. The summed E-state index contributed by atoms with van der Waals surface area (Å²) >= 11 is 5.85. The number of nitrogens with zero attached hydrogens (tertiary/aromatic N) is 2. The molecule has 0 amide bonds. The van der Waals surface area contributed by atoms with Crippen molar-refractivity contribution in [2.75, 3.05) is 7.11 Å². The van der Waals surface area contributed by atoms with Gasteiger partial charge in [0.25, 0.3) is 0 Å². The Bertz CT molecular complexity index is 574. The van der Waals surface area contributed by atoms with Crippen molar-refractivity contribution >= 4 is 22.4 Å². The zero-order valence-electron chi connectivity index (χ0n) is 9.96. The van der Waals surface area contributed by atoms with Crippen LogP contribution < -0.4 is 4.74 Å². The van der Waals surface area contributed by atoms with Gasteiger partial charge in [0.1, 0.15) is 11.3 Å². The molecule has 0 aliphatic carbocycles. The zero-order chi connectivity index (χ0) is 13.3. The molecule has 0 radical (unpaired) electrons. The molecule has 0 saturated heterocycles. The molecule has 2 N–H and O–H groups in total.